The molecule has 42 heavy (non-hydrogen) atoms. The first kappa shape index (κ1) is 35.3. The number of benzene rings is 2. The fourth-order valence-electron chi connectivity index (χ4n) is 4.25. The van der Waals surface area contributed by atoms with E-state index in [1.54, 1.807) is 6.07 Å². The molecular weight excluding hydrogens is 605 g/mol. The van der Waals surface area contributed by atoms with Crippen molar-refractivity contribution in [3.63, 3.8) is 0 Å². The summed E-state index contributed by atoms with van der Waals surface area (Å²) in [7, 11) is 5.36. The van der Waals surface area contributed by atoms with E-state index in [-0.39, 0.29) is 49.4 Å². The highest BCUT2D eigenvalue weighted by molar-refractivity contribution is 7.80. The Hall–Kier alpha value is -2.92. The second-order valence-corrected chi connectivity index (χ2v) is 10.3. The van der Waals surface area contributed by atoms with E-state index in [4.69, 9.17) is 4.74 Å². The average molecular weight is 637 g/mol. The highest BCUT2D eigenvalue weighted by atomic mass is 32.1. The number of unbranched alkanes of at least 4 members (excludes halogenated alkanes) is 1. The average Bonchev–Trinajstić information content (AvgIpc) is 2.91. The van der Waals surface area contributed by atoms with Gasteiger partial charge in [0, 0.05) is 43.1 Å². The summed E-state index contributed by atoms with van der Waals surface area (Å²) >= 11 is 4.31. The monoisotopic (exact) mass is 636 g/mol. The smallest absolute Gasteiger partial charge is 0.416 e. The summed E-state index contributed by atoms with van der Waals surface area (Å²) in [6.45, 7) is 0.357. The maximum atomic E-state index is 13.7. The molecule has 2 aromatic carbocycles. The molecule has 1 unspecified atom stereocenters. The first-order chi connectivity index (χ1) is 19.5. The summed E-state index contributed by atoms with van der Waals surface area (Å²) in [5.74, 6) is -1.50. The quantitative estimate of drug-likeness (QED) is 0.0503. The molecule has 0 aliphatic heterocycles. The molecule has 0 spiro atoms. The van der Waals surface area contributed by atoms with Crippen LogP contribution >= 0.6 is 21.9 Å². The predicted octanol–water partition coefficient (Wildman–Crippen LogP) is 6.75. The van der Waals surface area contributed by atoms with Crippen molar-refractivity contribution in [1.29, 1.82) is 0 Å². The van der Waals surface area contributed by atoms with Crippen LogP contribution in [0.25, 0.3) is 0 Å². The molecule has 0 heterocycles. The molecule has 2 aromatic rings. The number of aryl methyl sites for hydroxylation is 1. The number of Topliss-reactive ketones (excluding diaryl/α,β-unsaturated/α-hetero) is 2. The van der Waals surface area contributed by atoms with E-state index in [0.717, 1.165) is 11.8 Å². The number of alkyl halides is 6. The molecule has 0 saturated carbocycles. The molecule has 230 valence electrons. The van der Waals surface area contributed by atoms with Crippen molar-refractivity contribution >= 4 is 45.6 Å². The van der Waals surface area contributed by atoms with E-state index in [1.807, 2.05) is 0 Å². The third-order valence-electron chi connectivity index (χ3n) is 6.42. The van der Waals surface area contributed by atoms with Gasteiger partial charge < -0.3 is 9.64 Å². The molecule has 0 radical (unpaired) electrons. The normalized spacial score (nSPS) is 12.1. The van der Waals surface area contributed by atoms with Crippen LogP contribution in [0.3, 0.4) is 0 Å². The molecule has 14 heteroatoms. The van der Waals surface area contributed by atoms with Crippen LogP contribution in [-0.4, -0.2) is 49.3 Å². The van der Waals surface area contributed by atoms with E-state index in [2.05, 4.69) is 26.9 Å². The van der Waals surface area contributed by atoms with Gasteiger partial charge in [0.25, 0.3) is 0 Å². The minimum atomic E-state index is -5.09. The van der Waals surface area contributed by atoms with Gasteiger partial charge in [-0.05, 0) is 66.9 Å². The SMILES string of the molecule is CN=CCN(Cc1c(C)cc(C(F)(F)F)cc1C(F)(F)F)C(=O)CCCCC(=O)C(=O)c1cc(S)c(OC)c(CP)c1. The Bertz CT molecular complexity index is 1350. The molecule has 2 rings (SSSR count). The third kappa shape index (κ3) is 9.29. The lowest BCUT2D eigenvalue weighted by molar-refractivity contribution is -0.144. The van der Waals surface area contributed by atoms with Crippen LogP contribution < -0.4 is 4.74 Å². The molecule has 0 aliphatic rings. The summed E-state index contributed by atoms with van der Waals surface area (Å²) in [4.78, 5) is 43.3. The summed E-state index contributed by atoms with van der Waals surface area (Å²) in [6, 6.07) is 3.64. The zero-order valence-electron chi connectivity index (χ0n) is 23.2. The zero-order chi connectivity index (χ0) is 31.8. The second kappa shape index (κ2) is 15.0. The molecule has 0 saturated heterocycles. The molecule has 1 amide bonds. The van der Waals surface area contributed by atoms with Crippen LogP contribution in [0.1, 0.15) is 63.9 Å². The van der Waals surface area contributed by atoms with E-state index in [0.29, 0.717) is 28.4 Å². The lowest BCUT2D eigenvalue weighted by Crippen LogP contribution is -2.33. The second-order valence-electron chi connectivity index (χ2n) is 9.38. The lowest BCUT2D eigenvalue weighted by atomic mass is 9.96. The van der Waals surface area contributed by atoms with Gasteiger partial charge in [0.05, 0.1) is 24.8 Å². The van der Waals surface area contributed by atoms with Gasteiger partial charge >= 0.3 is 12.4 Å². The number of carbonyl (C=O) groups excluding carboxylic acids is 3. The standard InChI is InChI=1S/C28H31F6N2O4PS/c1-16-10-19(27(29,30)31)13-21(28(32,33)34)20(16)14-36(9-8-35-2)24(38)7-5-4-6-22(37)25(39)17-11-18(15-41)26(40-3)23(42)12-17/h8,10-13,42H,4-7,9,14-15,41H2,1-3H3. The molecule has 0 bridgehead atoms. The van der Waals surface area contributed by atoms with Gasteiger partial charge in [-0.25, -0.2) is 0 Å². The van der Waals surface area contributed by atoms with Crippen molar-refractivity contribution < 1.29 is 45.5 Å². The zero-order valence-corrected chi connectivity index (χ0v) is 25.2. The molecule has 6 nitrogen and oxygen atoms in total. The summed E-state index contributed by atoms with van der Waals surface area (Å²) in [5, 5.41) is 0. The Morgan fingerprint density at radius 2 is 1.67 bits per heavy atom. The van der Waals surface area contributed by atoms with Crippen molar-refractivity contribution in [2.24, 2.45) is 4.99 Å². The van der Waals surface area contributed by atoms with E-state index >= 15 is 0 Å². The van der Waals surface area contributed by atoms with Crippen LogP contribution in [-0.2, 0) is 34.6 Å². The number of ketones is 2. The summed E-state index contributed by atoms with van der Waals surface area (Å²) < 4.78 is 86.0. The summed E-state index contributed by atoms with van der Waals surface area (Å²) in [5.41, 5.74) is -2.81. The number of rotatable bonds is 13. The molecule has 0 aliphatic carbocycles. The van der Waals surface area contributed by atoms with Crippen LogP contribution in [0, 0.1) is 6.92 Å². The minimum Gasteiger partial charge on any atom is -0.495 e. The lowest BCUT2D eigenvalue weighted by Gasteiger charge is -2.25. The fraction of sp³-hybridized carbons (Fsp3) is 0.429. The molecular formula is C28H31F6N2O4PS. The van der Waals surface area contributed by atoms with Gasteiger partial charge in [0.15, 0.2) is 0 Å². The van der Waals surface area contributed by atoms with Gasteiger partial charge in [-0.1, -0.05) is 0 Å². The van der Waals surface area contributed by atoms with Crippen LogP contribution in [0.2, 0.25) is 0 Å². The predicted molar refractivity (Wildman–Crippen MR) is 152 cm³/mol. The van der Waals surface area contributed by atoms with Crippen LogP contribution in [0.5, 0.6) is 5.75 Å². The first-order valence-corrected chi connectivity index (χ1v) is 13.9. The molecule has 1 atom stereocenters. The fourth-order valence-corrected chi connectivity index (χ4v) is 4.93. The van der Waals surface area contributed by atoms with Gasteiger partial charge in [0.2, 0.25) is 17.5 Å². The number of carbonyl (C=O) groups is 3. The highest BCUT2D eigenvalue weighted by Gasteiger charge is 2.39. The van der Waals surface area contributed by atoms with Crippen molar-refractivity contribution in [3.05, 3.63) is 57.6 Å². The first-order valence-electron chi connectivity index (χ1n) is 12.7. The number of halogens is 6. The van der Waals surface area contributed by atoms with Gasteiger partial charge in [-0.2, -0.15) is 26.3 Å². The Morgan fingerprint density at radius 3 is 2.21 bits per heavy atom. The van der Waals surface area contributed by atoms with Crippen molar-refractivity contribution in [3.8, 4) is 5.75 Å². The number of hydrogen-bond acceptors (Lipinski definition) is 6. The Labute approximate surface area is 247 Å². The maximum absolute atomic E-state index is 13.7. The summed E-state index contributed by atoms with van der Waals surface area (Å²) in [6.07, 6.45) is -8.34. The number of ether oxygens (including phenoxy) is 1. The Kier molecular flexibility index (Phi) is 12.6. The van der Waals surface area contributed by atoms with Gasteiger partial charge in [0.1, 0.15) is 5.75 Å². The Balaban J connectivity index is 2.13. The topological polar surface area (TPSA) is 76.0 Å². The number of methoxy groups -OCH3 is 1. The molecule has 0 fully saturated rings. The van der Waals surface area contributed by atoms with Crippen LogP contribution in [0.4, 0.5) is 26.3 Å². The van der Waals surface area contributed by atoms with Crippen molar-refractivity contribution in [2.75, 3.05) is 20.7 Å². The highest BCUT2D eigenvalue weighted by Crippen LogP contribution is 2.39. The van der Waals surface area contributed by atoms with E-state index in [1.165, 1.54) is 26.4 Å². The van der Waals surface area contributed by atoms with Crippen molar-refractivity contribution in [2.45, 2.75) is 62.6 Å². The van der Waals surface area contributed by atoms with Crippen LogP contribution in [0.15, 0.2) is 34.2 Å². The Morgan fingerprint density at radius 1 is 1.02 bits per heavy atom. The number of amides is 1. The molecule has 0 aromatic heterocycles. The number of hydrogen-bond donors (Lipinski definition) is 1. The van der Waals surface area contributed by atoms with Gasteiger partial charge in [-0.3, -0.25) is 19.4 Å². The van der Waals surface area contributed by atoms with E-state index in [9.17, 15) is 40.7 Å². The number of aliphatic imine (C=N–C) groups is 1. The maximum Gasteiger partial charge on any atom is 0.416 e. The van der Waals surface area contributed by atoms with Crippen molar-refractivity contribution in [1.82, 2.24) is 4.90 Å². The number of thiol groups is 1. The van der Waals surface area contributed by atoms with Gasteiger partial charge in [-0.15, -0.1) is 21.9 Å². The number of nitrogens with zero attached hydrogens (tertiary/aromatic N) is 2. The third-order valence-corrected chi connectivity index (χ3v) is 7.19. The largest absolute Gasteiger partial charge is 0.495 e. The molecule has 0 N–H and O–H groups in total. The van der Waals surface area contributed by atoms with E-state index < -0.39 is 53.1 Å². The minimum absolute atomic E-state index is 0.0450.